The highest BCUT2D eigenvalue weighted by atomic mass is 79.9. The maximum atomic E-state index is 13.2. The molecule has 2 aromatic rings. The number of aromatic amines is 1. The van der Waals surface area contributed by atoms with Gasteiger partial charge in [-0.3, -0.25) is 4.79 Å². The van der Waals surface area contributed by atoms with Crippen molar-refractivity contribution in [2.45, 2.75) is 0 Å². The Morgan fingerprint density at radius 1 is 1.38 bits per heavy atom. The second-order valence-corrected chi connectivity index (χ2v) is 3.48. The molecule has 1 heterocycles. The smallest absolute Gasteiger partial charge is 0.255 e. The zero-order valence-corrected chi connectivity index (χ0v) is 8.06. The van der Waals surface area contributed by atoms with Crippen molar-refractivity contribution in [3.8, 4) is 0 Å². The van der Waals surface area contributed by atoms with Crippen LogP contribution in [0.5, 0.6) is 0 Å². The number of rotatable bonds is 0. The first-order chi connectivity index (χ1) is 6.20. The Morgan fingerprint density at radius 2 is 2.15 bits per heavy atom. The van der Waals surface area contributed by atoms with Gasteiger partial charge >= 0.3 is 0 Å². The number of pyridine rings is 1. The summed E-state index contributed by atoms with van der Waals surface area (Å²) in [5, 5.41) is 0.681. The van der Waals surface area contributed by atoms with E-state index in [-0.39, 0.29) is 5.56 Å². The van der Waals surface area contributed by atoms with Crippen LogP contribution in [0, 0.1) is 5.82 Å². The van der Waals surface area contributed by atoms with E-state index in [1.807, 2.05) is 0 Å². The summed E-state index contributed by atoms with van der Waals surface area (Å²) in [7, 11) is 0. The molecule has 0 saturated carbocycles. The minimum atomic E-state index is -0.393. The molecule has 0 unspecified atom stereocenters. The first-order valence-electron chi connectivity index (χ1n) is 3.65. The van der Waals surface area contributed by atoms with Gasteiger partial charge in [-0.25, -0.2) is 4.39 Å². The Kier molecular flexibility index (Phi) is 1.92. The molecule has 0 atom stereocenters. The molecular formula is C9H5BrFNO. The van der Waals surface area contributed by atoms with Crippen LogP contribution < -0.4 is 5.56 Å². The highest BCUT2D eigenvalue weighted by Gasteiger charge is 2.06. The van der Waals surface area contributed by atoms with E-state index in [0.29, 0.717) is 15.2 Å². The van der Waals surface area contributed by atoms with Crippen molar-refractivity contribution in [1.29, 1.82) is 0 Å². The van der Waals surface area contributed by atoms with Gasteiger partial charge in [0.05, 0.1) is 5.39 Å². The monoisotopic (exact) mass is 241 g/mol. The third kappa shape index (κ3) is 1.27. The second-order valence-electron chi connectivity index (χ2n) is 2.63. The summed E-state index contributed by atoms with van der Waals surface area (Å²) in [6, 6.07) is 4.42. The van der Waals surface area contributed by atoms with Gasteiger partial charge in [0.1, 0.15) is 5.82 Å². The quantitative estimate of drug-likeness (QED) is 0.756. The van der Waals surface area contributed by atoms with E-state index in [0.717, 1.165) is 0 Å². The molecule has 13 heavy (non-hydrogen) atoms. The lowest BCUT2D eigenvalue weighted by molar-refractivity contribution is 0.639. The number of fused-ring (bicyclic) bond motifs is 1. The maximum Gasteiger partial charge on any atom is 0.255 e. The van der Waals surface area contributed by atoms with Crippen LogP contribution in [0.4, 0.5) is 4.39 Å². The van der Waals surface area contributed by atoms with Crippen LogP contribution in [0.15, 0.2) is 33.7 Å². The predicted molar refractivity (Wildman–Crippen MR) is 52.2 cm³/mol. The van der Waals surface area contributed by atoms with Crippen molar-refractivity contribution in [3.63, 3.8) is 0 Å². The molecular weight excluding hydrogens is 237 g/mol. The molecule has 0 fully saturated rings. The maximum absolute atomic E-state index is 13.2. The topological polar surface area (TPSA) is 32.9 Å². The van der Waals surface area contributed by atoms with Crippen molar-refractivity contribution in [2.75, 3.05) is 0 Å². The Balaban J connectivity index is 3.09. The molecule has 1 N–H and O–H groups in total. The molecule has 0 aliphatic rings. The highest BCUT2D eigenvalue weighted by Crippen LogP contribution is 2.22. The van der Waals surface area contributed by atoms with Gasteiger partial charge in [0.2, 0.25) is 0 Å². The molecule has 0 spiro atoms. The standard InChI is InChI=1S/C9H5BrFNO/c10-6-4-12-9(13)5-2-1-3-7(11)8(5)6/h1-4H,(H,12,13). The van der Waals surface area contributed by atoms with Crippen LogP contribution >= 0.6 is 15.9 Å². The van der Waals surface area contributed by atoms with Crippen molar-refractivity contribution in [3.05, 3.63) is 45.0 Å². The van der Waals surface area contributed by atoms with Gasteiger partial charge in [0.25, 0.3) is 5.56 Å². The number of aromatic nitrogens is 1. The van der Waals surface area contributed by atoms with E-state index in [1.165, 1.54) is 18.3 Å². The summed E-state index contributed by atoms with van der Waals surface area (Å²) in [5.41, 5.74) is -0.280. The van der Waals surface area contributed by atoms with E-state index in [9.17, 15) is 9.18 Å². The normalized spacial score (nSPS) is 10.6. The summed E-state index contributed by atoms with van der Waals surface area (Å²) < 4.78 is 13.8. The van der Waals surface area contributed by atoms with Gasteiger partial charge in [-0.1, -0.05) is 6.07 Å². The molecule has 1 aromatic heterocycles. The molecule has 4 heteroatoms. The summed E-state index contributed by atoms with van der Waals surface area (Å²) in [6.45, 7) is 0. The largest absolute Gasteiger partial charge is 0.327 e. The van der Waals surface area contributed by atoms with Crippen molar-refractivity contribution in [1.82, 2.24) is 4.98 Å². The third-order valence-electron chi connectivity index (χ3n) is 1.83. The van der Waals surface area contributed by atoms with Crippen LogP contribution in [-0.2, 0) is 0 Å². The fourth-order valence-electron chi connectivity index (χ4n) is 1.23. The first kappa shape index (κ1) is 8.44. The molecule has 2 rings (SSSR count). The molecule has 0 radical (unpaired) electrons. The van der Waals surface area contributed by atoms with Crippen LogP contribution in [0.1, 0.15) is 0 Å². The van der Waals surface area contributed by atoms with Gasteiger partial charge in [-0.05, 0) is 28.1 Å². The van der Waals surface area contributed by atoms with E-state index < -0.39 is 5.82 Å². The fraction of sp³-hybridized carbons (Fsp3) is 0. The zero-order valence-electron chi connectivity index (χ0n) is 6.47. The second kappa shape index (κ2) is 2.96. The summed E-state index contributed by atoms with van der Waals surface area (Å²) in [4.78, 5) is 13.7. The Morgan fingerprint density at radius 3 is 2.85 bits per heavy atom. The number of nitrogens with one attached hydrogen (secondary N) is 1. The molecule has 0 aliphatic heterocycles. The first-order valence-corrected chi connectivity index (χ1v) is 4.45. The Bertz CT molecular complexity index is 512. The van der Waals surface area contributed by atoms with Crippen LogP contribution in [0.25, 0.3) is 10.8 Å². The van der Waals surface area contributed by atoms with Gasteiger partial charge in [-0.2, -0.15) is 0 Å². The van der Waals surface area contributed by atoms with Crippen LogP contribution in [0.3, 0.4) is 0 Å². The average Bonchev–Trinajstić information content (AvgIpc) is 2.12. The highest BCUT2D eigenvalue weighted by molar-refractivity contribution is 9.10. The fourth-order valence-corrected chi connectivity index (χ4v) is 1.75. The minimum Gasteiger partial charge on any atom is -0.327 e. The lowest BCUT2D eigenvalue weighted by Crippen LogP contribution is -2.05. The van der Waals surface area contributed by atoms with Gasteiger partial charge in [0, 0.05) is 16.1 Å². The predicted octanol–water partition coefficient (Wildman–Crippen LogP) is 2.43. The van der Waals surface area contributed by atoms with Crippen molar-refractivity contribution >= 4 is 26.7 Å². The number of hydrogen-bond acceptors (Lipinski definition) is 1. The molecule has 0 aliphatic carbocycles. The van der Waals surface area contributed by atoms with E-state index >= 15 is 0 Å². The van der Waals surface area contributed by atoms with Gasteiger partial charge in [0.15, 0.2) is 0 Å². The van der Waals surface area contributed by atoms with Crippen LogP contribution in [-0.4, -0.2) is 4.98 Å². The summed E-state index contributed by atoms with van der Waals surface area (Å²) in [6.07, 6.45) is 1.44. The molecule has 66 valence electrons. The van der Waals surface area contributed by atoms with Crippen molar-refractivity contribution in [2.24, 2.45) is 0 Å². The average molecular weight is 242 g/mol. The molecule has 2 nitrogen and oxygen atoms in total. The van der Waals surface area contributed by atoms with Gasteiger partial charge < -0.3 is 4.98 Å². The molecule has 0 saturated heterocycles. The molecule has 1 aromatic carbocycles. The van der Waals surface area contributed by atoms with Crippen molar-refractivity contribution < 1.29 is 4.39 Å². The van der Waals surface area contributed by atoms with E-state index in [2.05, 4.69) is 20.9 Å². The number of halogens is 2. The lowest BCUT2D eigenvalue weighted by atomic mass is 10.2. The number of benzene rings is 1. The zero-order chi connectivity index (χ0) is 9.42. The molecule has 0 bridgehead atoms. The van der Waals surface area contributed by atoms with Gasteiger partial charge in [-0.15, -0.1) is 0 Å². The lowest BCUT2D eigenvalue weighted by Gasteiger charge is -1.99. The third-order valence-corrected chi connectivity index (χ3v) is 2.45. The minimum absolute atomic E-state index is 0.280. The number of H-pyrrole nitrogens is 1. The number of hydrogen-bond donors (Lipinski definition) is 1. The van der Waals surface area contributed by atoms with Crippen LogP contribution in [0.2, 0.25) is 0 Å². The van der Waals surface area contributed by atoms with E-state index in [1.54, 1.807) is 6.07 Å². The Labute approximate surface area is 81.5 Å². The SMILES string of the molecule is O=c1[nH]cc(Br)c2c(F)cccc12. The van der Waals surface area contributed by atoms with E-state index in [4.69, 9.17) is 0 Å². The molecule has 0 amide bonds. The summed E-state index contributed by atoms with van der Waals surface area (Å²) in [5.74, 6) is -0.393. The Hall–Kier alpha value is -1.16. The summed E-state index contributed by atoms with van der Waals surface area (Å²) >= 11 is 3.17.